The van der Waals surface area contributed by atoms with Crippen LogP contribution in [0.25, 0.3) is 0 Å². The number of nitrogens with one attached hydrogen (secondary N) is 1. The average molecular weight is 476 g/mol. The summed E-state index contributed by atoms with van der Waals surface area (Å²) < 4.78 is 32.0. The van der Waals surface area contributed by atoms with Gasteiger partial charge in [-0.05, 0) is 17.2 Å². The number of fused-ring (bicyclic) bond motifs is 1. The van der Waals surface area contributed by atoms with Crippen molar-refractivity contribution in [1.82, 2.24) is 10.2 Å². The van der Waals surface area contributed by atoms with Gasteiger partial charge in [0.2, 0.25) is 5.91 Å². The van der Waals surface area contributed by atoms with E-state index in [2.05, 4.69) is 5.32 Å². The molecule has 154 valence electrons. The van der Waals surface area contributed by atoms with Gasteiger partial charge in [0, 0.05) is 5.75 Å². The number of carbonyl (C=O) groups is 3. The van der Waals surface area contributed by atoms with Crippen molar-refractivity contribution in [2.45, 2.75) is 22.7 Å². The fourth-order valence-electron chi connectivity index (χ4n) is 3.10. The summed E-state index contributed by atoms with van der Waals surface area (Å²) in [6, 6.07) is 4.46. The van der Waals surface area contributed by atoms with Crippen molar-refractivity contribution in [3.8, 4) is 0 Å². The molecule has 0 spiro atoms. The molecule has 30 heavy (non-hydrogen) atoms. The van der Waals surface area contributed by atoms with E-state index in [-0.39, 0.29) is 91.0 Å². The van der Waals surface area contributed by atoms with E-state index >= 15 is 0 Å². The van der Waals surface area contributed by atoms with Gasteiger partial charge in [-0.3, -0.25) is 19.0 Å². The standard InChI is InChI=1S/C16H16N2O8S2.2Na.2H/c19-6-9-7-27-15-12(14(21)18(15)13(9)16(22)23)17-11(20)5-8-3-1-2-4-10(8)28(24,25)26;;;;/h1-4,12,15,19H,5-7H2,(H,17,20)(H,22,23)(H,24,25,26);;;;/q;2*+1;2*-1/t12-,15-;;;;/m1..../s1. The number of aliphatic hydroxyl groups excluding tert-OH is 1. The molecule has 0 aromatic heterocycles. The summed E-state index contributed by atoms with van der Waals surface area (Å²) >= 11 is 1.21. The number of hydrogen-bond donors (Lipinski definition) is 4. The van der Waals surface area contributed by atoms with Gasteiger partial charge in [0.15, 0.2) is 0 Å². The van der Waals surface area contributed by atoms with Gasteiger partial charge in [0.25, 0.3) is 16.0 Å². The maximum absolute atomic E-state index is 12.4. The van der Waals surface area contributed by atoms with Crippen molar-refractivity contribution in [3.05, 3.63) is 41.1 Å². The molecule has 0 radical (unpaired) electrons. The van der Waals surface area contributed by atoms with Gasteiger partial charge < -0.3 is 18.4 Å². The number of nitrogens with zero attached hydrogens (tertiary/aromatic N) is 1. The summed E-state index contributed by atoms with van der Waals surface area (Å²) in [5.41, 5.74) is 0.00328. The molecule has 4 N–H and O–H groups in total. The molecule has 1 aromatic carbocycles. The third-order valence-corrected chi connectivity index (χ3v) is 6.65. The number of β-lactam (4-membered cyclic amide) rings is 1. The molecule has 1 fully saturated rings. The number of carbonyl (C=O) groups excluding carboxylic acids is 2. The number of aliphatic hydroxyl groups is 1. The van der Waals surface area contributed by atoms with E-state index in [1.807, 2.05) is 0 Å². The van der Waals surface area contributed by atoms with E-state index in [1.54, 1.807) is 0 Å². The molecule has 0 saturated carbocycles. The zero-order valence-corrected chi connectivity index (χ0v) is 21.9. The van der Waals surface area contributed by atoms with Gasteiger partial charge in [-0.2, -0.15) is 8.42 Å². The maximum Gasteiger partial charge on any atom is 1.00 e. The van der Waals surface area contributed by atoms with Gasteiger partial charge >= 0.3 is 65.1 Å². The first-order valence-electron chi connectivity index (χ1n) is 8.00. The van der Waals surface area contributed by atoms with Crippen LogP contribution in [0, 0.1) is 0 Å². The number of benzene rings is 1. The van der Waals surface area contributed by atoms with Crippen molar-refractivity contribution in [1.29, 1.82) is 0 Å². The monoisotopic (exact) mass is 476 g/mol. The molecule has 2 aliphatic heterocycles. The van der Waals surface area contributed by atoms with E-state index in [9.17, 15) is 37.6 Å². The number of amides is 2. The van der Waals surface area contributed by atoms with Crippen molar-refractivity contribution < 1.29 is 99.5 Å². The summed E-state index contributed by atoms with van der Waals surface area (Å²) in [7, 11) is -4.51. The molecular weight excluding hydrogens is 458 g/mol. The van der Waals surface area contributed by atoms with Crippen LogP contribution in [-0.4, -0.2) is 69.6 Å². The number of carboxylic acids is 1. The molecule has 14 heteroatoms. The summed E-state index contributed by atoms with van der Waals surface area (Å²) in [4.78, 5) is 36.7. The van der Waals surface area contributed by atoms with E-state index in [0.717, 1.165) is 11.0 Å². The summed E-state index contributed by atoms with van der Waals surface area (Å²) in [5.74, 6) is -2.42. The molecule has 2 aliphatic rings. The molecule has 0 aliphatic carbocycles. The van der Waals surface area contributed by atoms with Crippen LogP contribution >= 0.6 is 11.8 Å². The summed E-state index contributed by atoms with van der Waals surface area (Å²) in [6.07, 6.45) is -0.388. The third-order valence-electron chi connectivity index (χ3n) is 4.36. The number of thioether (sulfide) groups is 1. The van der Waals surface area contributed by atoms with E-state index in [1.165, 1.54) is 30.0 Å². The molecular formula is C16H18N2Na2O8S2. The quantitative estimate of drug-likeness (QED) is 0.178. The number of rotatable bonds is 6. The molecule has 1 aromatic rings. The van der Waals surface area contributed by atoms with Crippen LogP contribution in [0.5, 0.6) is 0 Å². The van der Waals surface area contributed by atoms with Crippen LogP contribution in [0.2, 0.25) is 0 Å². The minimum atomic E-state index is -4.51. The molecule has 10 nitrogen and oxygen atoms in total. The molecule has 2 atom stereocenters. The molecule has 3 rings (SSSR count). The van der Waals surface area contributed by atoms with Crippen molar-refractivity contribution in [3.63, 3.8) is 0 Å². The first-order chi connectivity index (χ1) is 13.1. The largest absolute Gasteiger partial charge is 1.00 e. The van der Waals surface area contributed by atoms with Crippen molar-refractivity contribution >= 4 is 39.7 Å². The van der Waals surface area contributed by atoms with Crippen molar-refractivity contribution in [2.24, 2.45) is 0 Å². The number of aliphatic carboxylic acids is 1. The summed E-state index contributed by atoms with van der Waals surface area (Å²) in [5, 5.41) is 20.4. The maximum atomic E-state index is 12.4. The predicted octanol–water partition coefficient (Wildman–Crippen LogP) is -6.56. The van der Waals surface area contributed by atoms with Crippen LogP contribution in [-0.2, 0) is 30.9 Å². The Bertz CT molecular complexity index is 1010. The molecule has 0 unspecified atom stereocenters. The number of hydrogen-bond acceptors (Lipinski definition) is 7. The second-order valence-corrected chi connectivity index (χ2v) is 8.62. The van der Waals surface area contributed by atoms with Crippen LogP contribution in [0.15, 0.2) is 40.4 Å². The fraction of sp³-hybridized carbons (Fsp3) is 0.312. The van der Waals surface area contributed by atoms with E-state index in [0.29, 0.717) is 0 Å². The fourth-order valence-corrected chi connectivity index (χ4v) is 5.16. The van der Waals surface area contributed by atoms with Gasteiger partial charge in [0.1, 0.15) is 17.1 Å². The number of carboxylic acid groups (broad SMARTS) is 1. The van der Waals surface area contributed by atoms with Crippen LogP contribution in [0.3, 0.4) is 0 Å². The smallest absolute Gasteiger partial charge is 1.00 e. The molecule has 2 heterocycles. The summed E-state index contributed by atoms with van der Waals surface area (Å²) in [6.45, 7) is -0.491. The second kappa shape index (κ2) is 10.9. The average Bonchev–Trinajstić information content (AvgIpc) is 2.64. The minimum Gasteiger partial charge on any atom is -1.00 e. The zero-order chi connectivity index (χ0) is 20.6. The SMILES string of the molecule is O=C(Cc1ccccc1S(=O)(=O)O)N[C@@H]1C(=O)N2C(C(=O)O)=C(CO)CS[C@H]12.[H-].[H-].[Na+].[Na+]. The van der Waals surface area contributed by atoms with Gasteiger partial charge in [-0.15, -0.1) is 11.8 Å². The molecule has 0 bridgehead atoms. The van der Waals surface area contributed by atoms with Crippen molar-refractivity contribution in [2.75, 3.05) is 12.4 Å². The molecule has 2 amide bonds. The van der Waals surface area contributed by atoms with Gasteiger partial charge in [-0.25, -0.2) is 4.79 Å². The molecule has 1 saturated heterocycles. The van der Waals surface area contributed by atoms with Crippen LogP contribution < -0.4 is 64.4 Å². The van der Waals surface area contributed by atoms with E-state index < -0.39 is 50.8 Å². The topological polar surface area (TPSA) is 161 Å². The Morgan fingerprint density at radius 1 is 1.27 bits per heavy atom. The Labute approximate surface area is 223 Å². The Kier molecular flexibility index (Phi) is 10.1. The Balaban J connectivity index is 0. The normalized spacial score (nSPS) is 20.3. The minimum absolute atomic E-state index is 0. The Morgan fingerprint density at radius 2 is 1.90 bits per heavy atom. The van der Waals surface area contributed by atoms with Gasteiger partial charge in [-0.1, -0.05) is 18.2 Å². The third kappa shape index (κ3) is 5.49. The second-order valence-electron chi connectivity index (χ2n) is 6.13. The zero-order valence-electron chi connectivity index (χ0n) is 18.2. The Hall–Kier alpha value is -0.410. The first-order valence-corrected chi connectivity index (χ1v) is 10.5. The Morgan fingerprint density at radius 3 is 2.47 bits per heavy atom. The predicted molar refractivity (Wildman–Crippen MR) is 99.0 cm³/mol. The van der Waals surface area contributed by atoms with E-state index in [4.69, 9.17) is 0 Å². The van der Waals surface area contributed by atoms with Crippen LogP contribution in [0.4, 0.5) is 0 Å². The first kappa shape index (κ1) is 27.6. The van der Waals surface area contributed by atoms with Crippen LogP contribution in [0.1, 0.15) is 8.42 Å². The van der Waals surface area contributed by atoms with Gasteiger partial charge in [0.05, 0.1) is 17.9 Å².